The van der Waals surface area contributed by atoms with E-state index in [0.29, 0.717) is 12.4 Å². The van der Waals surface area contributed by atoms with Crippen LogP contribution in [0.2, 0.25) is 0 Å². The molecule has 0 unspecified atom stereocenters. The standard InChI is InChI=1S/C16H14O2/c1-2-18-16-14-10-6-4-8-12(14)11-7-3-5-9-13(11)15(16)17/h3-10,17H,2H2,1H3. The lowest BCUT2D eigenvalue weighted by molar-refractivity contribution is 0.324. The Kier molecular flexibility index (Phi) is 2.56. The van der Waals surface area contributed by atoms with Crippen LogP contribution >= 0.6 is 0 Å². The Morgan fingerprint density at radius 2 is 1.33 bits per heavy atom. The molecule has 0 aliphatic heterocycles. The number of aromatic hydroxyl groups is 1. The number of phenols is 1. The first kappa shape index (κ1) is 10.9. The van der Waals surface area contributed by atoms with Gasteiger partial charge in [0.1, 0.15) is 0 Å². The highest BCUT2D eigenvalue weighted by molar-refractivity contribution is 6.13. The van der Waals surface area contributed by atoms with Crippen LogP contribution in [0.25, 0.3) is 21.5 Å². The van der Waals surface area contributed by atoms with Crippen molar-refractivity contribution < 1.29 is 9.84 Å². The van der Waals surface area contributed by atoms with Gasteiger partial charge in [-0.25, -0.2) is 0 Å². The van der Waals surface area contributed by atoms with Crippen LogP contribution in [0.1, 0.15) is 6.92 Å². The van der Waals surface area contributed by atoms with Gasteiger partial charge in [0, 0.05) is 10.8 Å². The van der Waals surface area contributed by atoms with Crippen molar-refractivity contribution in [1.82, 2.24) is 0 Å². The van der Waals surface area contributed by atoms with Gasteiger partial charge in [0.05, 0.1) is 6.61 Å². The average molecular weight is 238 g/mol. The molecule has 0 aromatic heterocycles. The first-order chi connectivity index (χ1) is 8.83. The van der Waals surface area contributed by atoms with Crippen LogP contribution in [-0.4, -0.2) is 11.7 Å². The summed E-state index contributed by atoms with van der Waals surface area (Å²) in [7, 11) is 0. The van der Waals surface area contributed by atoms with Crippen molar-refractivity contribution in [2.45, 2.75) is 6.92 Å². The molecular formula is C16H14O2. The van der Waals surface area contributed by atoms with Crippen LogP contribution in [-0.2, 0) is 0 Å². The van der Waals surface area contributed by atoms with E-state index in [1.807, 2.05) is 49.4 Å². The van der Waals surface area contributed by atoms with Gasteiger partial charge in [0.25, 0.3) is 0 Å². The minimum Gasteiger partial charge on any atom is -0.504 e. The highest BCUT2D eigenvalue weighted by atomic mass is 16.5. The lowest BCUT2D eigenvalue weighted by atomic mass is 10.00. The van der Waals surface area contributed by atoms with E-state index in [2.05, 4.69) is 6.07 Å². The highest BCUT2D eigenvalue weighted by Crippen LogP contribution is 2.42. The van der Waals surface area contributed by atoms with Crippen LogP contribution in [0, 0.1) is 0 Å². The monoisotopic (exact) mass is 238 g/mol. The van der Waals surface area contributed by atoms with Gasteiger partial charge in [-0.3, -0.25) is 0 Å². The zero-order chi connectivity index (χ0) is 12.5. The van der Waals surface area contributed by atoms with Crippen LogP contribution in [0.15, 0.2) is 48.5 Å². The van der Waals surface area contributed by atoms with Gasteiger partial charge in [0.15, 0.2) is 11.5 Å². The minimum absolute atomic E-state index is 0.228. The molecule has 18 heavy (non-hydrogen) atoms. The molecule has 2 heteroatoms. The highest BCUT2D eigenvalue weighted by Gasteiger charge is 2.13. The number of ether oxygens (including phenoxy) is 1. The van der Waals surface area contributed by atoms with E-state index in [1.165, 1.54) is 0 Å². The van der Waals surface area contributed by atoms with Gasteiger partial charge in [-0.15, -0.1) is 0 Å². The van der Waals surface area contributed by atoms with Crippen molar-refractivity contribution >= 4 is 21.5 Å². The number of hydrogen-bond acceptors (Lipinski definition) is 2. The summed E-state index contributed by atoms with van der Waals surface area (Å²) < 4.78 is 5.61. The Bertz CT molecular complexity index is 717. The summed E-state index contributed by atoms with van der Waals surface area (Å²) in [5, 5.41) is 14.3. The van der Waals surface area contributed by atoms with E-state index in [0.717, 1.165) is 21.5 Å². The third kappa shape index (κ3) is 1.50. The molecule has 0 bridgehead atoms. The molecule has 1 N–H and O–H groups in total. The lowest BCUT2D eigenvalue weighted by Crippen LogP contribution is -1.94. The summed E-state index contributed by atoms with van der Waals surface area (Å²) in [5.74, 6) is 0.804. The SMILES string of the molecule is CCOc1c(O)c2ccccc2c2ccccc12. The molecule has 2 nitrogen and oxygen atoms in total. The first-order valence-electron chi connectivity index (χ1n) is 6.08. The first-order valence-corrected chi connectivity index (χ1v) is 6.08. The molecule has 0 fully saturated rings. The van der Waals surface area contributed by atoms with E-state index in [1.54, 1.807) is 0 Å². The van der Waals surface area contributed by atoms with Crippen LogP contribution in [0.4, 0.5) is 0 Å². The summed E-state index contributed by atoms with van der Waals surface area (Å²) in [6.07, 6.45) is 0. The smallest absolute Gasteiger partial charge is 0.169 e. The molecule has 3 aromatic rings. The molecule has 3 aromatic carbocycles. The van der Waals surface area contributed by atoms with Gasteiger partial charge in [-0.1, -0.05) is 48.5 Å². The van der Waals surface area contributed by atoms with Gasteiger partial charge in [-0.2, -0.15) is 0 Å². The third-order valence-electron chi connectivity index (χ3n) is 3.15. The van der Waals surface area contributed by atoms with E-state index >= 15 is 0 Å². The Labute approximate surface area is 105 Å². The molecule has 0 saturated heterocycles. The van der Waals surface area contributed by atoms with Gasteiger partial charge in [-0.05, 0) is 17.7 Å². The Balaban J connectivity index is 2.53. The molecule has 0 spiro atoms. The lowest BCUT2D eigenvalue weighted by Gasteiger charge is -2.13. The minimum atomic E-state index is 0.228. The molecule has 0 atom stereocenters. The second-order valence-electron chi connectivity index (χ2n) is 4.20. The molecule has 0 radical (unpaired) electrons. The number of rotatable bonds is 2. The van der Waals surface area contributed by atoms with Crippen molar-refractivity contribution in [3.8, 4) is 11.5 Å². The van der Waals surface area contributed by atoms with Gasteiger partial charge in [0.2, 0.25) is 0 Å². The summed E-state index contributed by atoms with van der Waals surface area (Å²) in [6.45, 7) is 2.46. The van der Waals surface area contributed by atoms with Crippen LogP contribution < -0.4 is 4.74 Å². The molecule has 0 amide bonds. The Hall–Kier alpha value is -2.22. The van der Waals surface area contributed by atoms with Gasteiger partial charge >= 0.3 is 0 Å². The van der Waals surface area contributed by atoms with Crippen LogP contribution in [0.5, 0.6) is 11.5 Å². The average Bonchev–Trinajstić information content (AvgIpc) is 2.43. The van der Waals surface area contributed by atoms with E-state index < -0.39 is 0 Å². The Morgan fingerprint density at radius 1 is 0.833 bits per heavy atom. The summed E-state index contributed by atoms with van der Waals surface area (Å²) in [4.78, 5) is 0. The zero-order valence-electron chi connectivity index (χ0n) is 10.2. The normalized spacial score (nSPS) is 10.9. The fourth-order valence-corrected chi connectivity index (χ4v) is 2.38. The van der Waals surface area contributed by atoms with Crippen molar-refractivity contribution in [3.63, 3.8) is 0 Å². The van der Waals surface area contributed by atoms with Crippen molar-refractivity contribution in [3.05, 3.63) is 48.5 Å². The van der Waals surface area contributed by atoms with Gasteiger partial charge < -0.3 is 9.84 Å². The van der Waals surface area contributed by atoms with E-state index in [4.69, 9.17) is 4.74 Å². The maximum Gasteiger partial charge on any atom is 0.169 e. The maximum atomic E-state index is 10.4. The molecule has 0 aliphatic carbocycles. The third-order valence-corrected chi connectivity index (χ3v) is 3.15. The van der Waals surface area contributed by atoms with E-state index in [9.17, 15) is 5.11 Å². The van der Waals surface area contributed by atoms with E-state index in [-0.39, 0.29) is 5.75 Å². The summed E-state index contributed by atoms with van der Waals surface area (Å²) in [6, 6.07) is 15.8. The molecule has 90 valence electrons. The largest absolute Gasteiger partial charge is 0.504 e. The van der Waals surface area contributed by atoms with Crippen molar-refractivity contribution in [2.24, 2.45) is 0 Å². The van der Waals surface area contributed by atoms with Crippen molar-refractivity contribution in [1.29, 1.82) is 0 Å². The second-order valence-corrected chi connectivity index (χ2v) is 4.20. The number of benzene rings is 3. The summed E-state index contributed by atoms with van der Waals surface area (Å²) in [5.41, 5.74) is 0. The number of fused-ring (bicyclic) bond motifs is 3. The number of phenolic OH excluding ortho intramolecular Hbond substituents is 1. The molecule has 0 heterocycles. The molecular weight excluding hydrogens is 224 g/mol. The summed E-state index contributed by atoms with van der Waals surface area (Å²) >= 11 is 0. The fraction of sp³-hybridized carbons (Fsp3) is 0.125. The predicted molar refractivity (Wildman–Crippen MR) is 74.3 cm³/mol. The number of hydrogen-bond donors (Lipinski definition) is 1. The second kappa shape index (κ2) is 4.22. The van der Waals surface area contributed by atoms with Crippen LogP contribution in [0.3, 0.4) is 0 Å². The fourth-order valence-electron chi connectivity index (χ4n) is 2.38. The predicted octanol–water partition coefficient (Wildman–Crippen LogP) is 4.10. The molecule has 3 rings (SSSR count). The zero-order valence-corrected chi connectivity index (χ0v) is 10.2. The molecule has 0 saturated carbocycles. The van der Waals surface area contributed by atoms with Crippen molar-refractivity contribution in [2.75, 3.05) is 6.61 Å². The molecule has 0 aliphatic rings. The Morgan fingerprint density at radius 3 is 1.94 bits per heavy atom. The topological polar surface area (TPSA) is 29.5 Å². The quantitative estimate of drug-likeness (QED) is 0.681. The maximum absolute atomic E-state index is 10.4.